The van der Waals surface area contributed by atoms with Crippen LogP contribution in [0.15, 0.2) is 6.07 Å². The molecule has 4 nitrogen and oxygen atoms in total. The van der Waals surface area contributed by atoms with Crippen molar-refractivity contribution in [3.63, 3.8) is 0 Å². The highest BCUT2D eigenvalue weighted by atomic mass is 16.3. The van der Waals surface area contributed by atoms with E-state index in [1.54, 1.807) is 0 Å². The molecule has 0 radical (unpaired) electrons. The van der Waals surface area contributed by atoms with Gasteiger partial charge in [-0.15, -0.1) is 0 Å². The summed E-state index contributed by atoms with van der Waals surface area (Å²) in [6.07, 6.45) is 4.70. The van der Waals surface area contributed by atoms with Gasteiger partial charge in [0.15, 0.2) is 5.78 Å². The van der Waals surface area contributed by atoms with Gasteiger partial charge in [0.2, 0.25) is 0 Å². The van der Waals surface area contributed by atoms with Crippen molar-refractivity contribution in [1.29, 1.82) is 0 Å². The van der Waals surface area contributed by atoms with Crippen molar-refractivity contribution < 1.29 is 9.90 Å². The second-order valence-electron chi connectivity index (χ2n) is 6.21. The molecular weight excluding hydrogens is 252 g/mol. The molecule has 0 aromatic carbocycles. The third-order valence-electron chi connectivity index (χ3n) is 4.56. The van der Waals surface area contributed by atoms with Gasteiger partial charge < -0.3 is 14.6 Å². The smallest absolute Gasteiger partial charge is 0.179 e. The number of hydrogen-bond acceptors (Lipinski definition) is 3. The molecule has 1 aromatic rings. The summed E-state index contributed by atoms with van der Waals surface area (Å²) < 4.78 is 2.04. The molecule has 110 valence electrons. The number of likely N-dealkylation sites (tertiary alicyclic amines) is 1. The lowest BCUT2D eigenvalue weighted by atomic mass is 9.97. The van der Waals surface area contributed by atoms with E-state index >= 15 is 0 Å². The van der Waals surface area contributed by atoms with Crippen LogP contribution in [-0.4, -0.2) is 46.1 Å². The Balaban J connectivity index is 1.73. The zero-order valence-electron chi connectivity index (χ0n) is 12.3. The number of nitrogens with zero attached hydrogens (tertiary/aromatic N) is 2. The Bertz CT molecular complexity index is 501. The second-order valence-corrected chi connectivity index (χ2v) is 6.21. The number of aliphatic hydroxyl groups excluding tert-OH is 1. The summed E-state index contributed by atoms with van der Waals surface area (Å²) in [4.78, 5) is 14.5. The summed E-state index contributed by atoms with van der Waals surface area (Å²) in [6.45, 7) is 5.50. The first-order chi connectivity index (χ1) is 9.65. The zero-order valence-corrected chi connectivity index (χ0v) is 12.3. The third-order valence-corrected chi connectivity index (χ3v) is 4.56. The van der Waals surface area contributed by atoms with Gasteiger partial charge in [0.25, 0.3) is 0 Å². The van der Waals surface area contributed by atoms with Crippen molar-refractivity contribution in [3.8, 4) is 0 Å². The van der Waals surface area contributed by atoms with Crippen LogP contribution in [0.25, 0.3) is 0 Å². The van der Waals surface area contributed by atoms with Gasteiger partial charge in [0, 0.05) is 18.7 Å². The second kappa shape index (κ2) is 5.70. The van der Waals surface area contributed by atoms with Crippen LogP contribution in [0.4, 0.5) is 0 Å². The molecule has 1 unspecified atom stereocenters. The Hall–Kier alpha value is -1.13. The van der Waals surface area contributed by atoms with Crippen molar-refractivity contribution in [2.45, 2.75) is 51.7 Å². The van der Waals surface area contributed by atoms with Crippen LogP contribution in [0.2, 0.25) is 0 Å². The molecule has 1 aliphatic carbocycles. The number of fused-ring (bicyclic) bond motifs is 1. The third kappa shape index (κ3) is 2.67. The standard InChI is InChI=1S/C16H24N2O2/c1-12-9-13-5-4-6-15(20)16(13)18(12)11-14(19)10-17-7-2-3-8-17/h9,14,19H,2-8,10-11H2,1H3. The number of Topliss-reactive ketones (excluding diaryl/α,β-unsaturated/α-hetero) is 1. The fraction of sp³-hybridized carbons (Fsp3) is 0.688. The van der Waals surface area contributed by atoms with E-state index in [0.717, 1.165) is 43.9 Å². The lowest BCUT2D eigenvalue weighted by molar-refractivity contribution is 0.0935. The van der Waals surface area contributed by atoms with E-state index in [2.05, 4.69) is 11.0 Å². The molecule has 4 heteroatoms. The molecule has 1 aliphatic heterocycles. The van der Waals surface area contributed by atoms with Gasteiger partial charge in [-0.1, -0.05) is 0 Å². The normalized spacial score (nSPS) is 21.2. The lowest BCUT2D eigenvalue weighted by Crippen LogP contribution is -2.33. The number of β-amino-alcohol motifs (C(OH)–C–C–N with tert-alkyl or cyclic N) is 1. The minimum absolute atomic E-state index is 0.243. The van der Waals surface area contributed by atoms with Crippen LogP contribution >= 0.6 is 0 Å². The number of carbonyl (C=O) groups excluding carboxylic acids is 1. The van der Waals surface area contributed by atoms with E-state index in [0.29, 0.717) is 13.0 Å². The van der Waals surface area contributed by atoms with Gasteiger partial charge in [0.1, 0.15) is 0 Å². The van der Waals surface area contributed by atoms with Crippen molar-refractivity contribution in [2.24, 2.45) is 0 Å². The summed E-state index contributed by atoms with van der Waals surface area (Å²) in [5.74, 6) is 0.243. The van der Waals surface area contributed by atoms with Crippen molar-refractivity contribution in [2.75, 3.05) is 19.6 Å². The maximum atomic E-state index is 12.1. The summed E-state index contributed by atoms with van der Waals surface area (Å²) >= 11 is 0. The Morgan fingerprint density at radius 2 is 1.95 bits per heavy atom. The van der Waals surface area contributed by atoms with Gasteiger partial charge >= 0.3 is 0 Å². The SMILES string of the molecule is Cc1cc2c(n1CC(O)CN1CCCC1)C(=O)CCC2. The first-order valence-electron chi connectivity index (χ1n) is 7.78. The number of ketones is 1. The Morgan fingerprint density at radius 3 is 2.70 bits per heavy atom. The number of carbonyl (C=O) groups is 1. The van der Waals surface area contributed by atoms with E-state index in [1.807, 2.05) is 11.5 Å². The van der Waals surface area contributed by atoms with Crippen LogP contribution in [0.3, 0.4) is 0 Å². The molecular formula is C16H24N2O2. The predicted octanol–water partition coefficient (Wildman–Crippen LogP) is 1.77. The van der Waals surface area contributed by atoms with Gasteiger partial charge in [0.05, 0.1) is 18.3 Å². The minimum atomic E-state index is -0.391. The largest absolute Gasteiger partial charge is 0.390 e. The highest BCUT2D eigenvalue weighted by Gasteiger charge is 2.25. The van der Waals surface area contributed by atoms with E-state index in [4.69, 9.17) is 0 Å². The molecule has 1 saturated heterocycles. The van der Waals surface area contributed by atoms with Crippen LogP contribution < -0.4 is 0 Å². The molecule has 1 N–H and O–H groups in total. The molecule has 1 aromatic heterocycles. The Labute approximate surface area is 120 Å². The highest BCUT2D eigenvalue weighted by Crippen LogP contribution is 2.25. The number of aromatic nitrogens is 1. The predicted molar refractivity (Wildman–Crippen MR) is 78.1 cm³/mol. The van der Waals surface area contributed by atoms with Gasteiger partial charge in [-0.3, -0.25) is 4.79 Å². The summed E-state index contributed by atoms with van der Waals surface area (Å²) in [5, 5.41) is 10.3. The molecule has 2 heterocycles. The summed E-state index contributed by atoms with van der Waals surface area (Å²) in [6, 6.07) is 2.12. The maximum absolute atomic E-state index is 12.1. The van der Waals surface area contributed by atoms with E-state index in [9.17, 15) is 9.90 Å². The first-order valence-corrected chi connectivity index (χ1v) is 7.78. The van der Waals surface area contributed by atoms with Crippen molar-refractivity contribution in [1.82, 2.24) is 9.47 Å². The first kappa shape index (κ1) is 13.8. The van der Waals surface area contributed by atoms with Crippen LogP contribution in [0.1, 0.15) is 47.4 Å². The minimum Gasteiger partial charge on any atom is -0.390 e. The molecule has 2 aliphatic rings. The Kier molecular flexibility index (Phi) is 3.94. The molecule has 1 atom stereocenters. The van der Waals surface area contributed by atoms with E-state index in [-0.39, 0.29) is 5.78 Å². The number of rotatable bonds is 4. The Morgan fingerprint density at radius 1 is 1.20 bits per heavy atom. The molecule has 20 heavy (non-hydrogen) atoms. The van der Waals surface area contributed by atoms with Crippen LogP contribution in [0.5, 0.6) is 0 Å². The lowest BCUT2D eigenvalue weighted by Gasteiger charge is -2.22. The quantitative estimate of drug-likeness (QED) is 0.911. The molecule has 0 amide bonds. The molecule has 0 saturated carbocycles. The van der Waals surface area contributed by atoms with Crippen LogP contribution in [0, 0.1) is 6.92 Å². The van der Waals surface area contributed by atoms with Crippen molar-refractivity contribution >= 4 is 5.78 Å². The average Bonchev–Trinajstić information content (AvgIpc) is 2.99. The zero-order chi connectivity index (χ0) is 14.1. The molecule has 0 spiro atoms. The van der Waals surface area contributed by atoms with E-state index in [1.165, 1.54) is 18.4 Å². The number of aliphatic hydroxyl groups is 1. The monoisotopic (exact) mass is 276 g/mol. The number of aryl methyl sites for hydroxylation is 2. The van der Waals surface area contributed by atoms with Crippen molar-refractivity contribution in [3.05, 3.63) is 23.0 Å². The van der Waals surface area contributed by atoms with Gasteiger partial charge in [-0.25, -0.2) is 0 Å². The maximum Gasteiger partial charge on any atom is 0.179 e. The fourth-order valence-corrected chi connectivity index (χ4v) is 3.59. The molecule has 0 bridgehead atoms. The van der Waals surface area contributed by atoms with Crippen LogP contribution in [-0.2, 0) is 13.0 Å². The fourth-order valence-electron chi connectivity index (χ4n) is 3.59. The topological polar surface area (TPSA) is 45.5 Å². The summed E-state index contributed by atoms with van der Waals surface area (Å²) in [7, 11) is 0. The van der Waals surface area contributed by atoms with Gasteiger partial charge in [-0.05, 0) is 57.3 Å². The molecule has 3 rings (SSSR count). The highest BCUT2D eigenvalue weighted by molar-refractivity contribution is 5.97. The molecule has 1 fully saturated rings. The van der Waals surface area contributed by atoms with Gasteiger partial charge in [-0.2, -0.15) is 0 Å². The summed E-state index contributed by atoms with van der Waals surface area (Å²) in [5.41, 5.74) is 3.13. The average molecular weight is 276 g/mol. The number of hydrogen-bond donors (Lipinski definition) is 1. The van der Waals surface area contributed by atoms with E-state index < -0.39 is 6.10 Å².